The van der Waals surface area contributed by atoms with Crippen LogP contribution in [0.1, 0.15) is 16.7 Å². The SMILES string of the molecule is Nc1ccc(CN2Cc3ccccc3C2)c2ncccc12. The molecule has 0 unspecified atom stereocenters. The Labute approximate surface area is 124 Å². The number of hydrogen-bond acceptors (Lipinski definition) is 3. The summed E-state index contributed by atoms with van der Waals surface area (Å²) in [6.07, 6.45) is 1.84. The van der Waals surface area contributed by atoms with Crippen LogP contribution >= 0.6 is 0 Å². The first-order valence-corrected chi connectivity index (χ1v) is 7.22. The summed E-state index contributed by atoms with van der Waals surface area (Å²) in [7, 11) is 0. The van der Waals surface area contributed by atoms with Gasteiger partial charge in [-0.05, 0) is 34.9 Å². The number of anilines is 1. The van der Waals surface area contributed by atoms with Gasteiger partial charge in [0.1, 0.15) is 0 Å². The molecule has 2 heterocycles. The molecule has 0 saturated heterocycles. The van der Waals surface area contributed by atoms with Crippen LogP contribution in [0.3, 0.4) is 0 Å². The van der Waals surface area contributed by atoms with E-state index < -0.39 is 0 Å². The smallest absolute Gasteiger partial charge is 0.0767 e. The minimum atomic E-state index is 0.798. The summed E-state index contributed by atoms with van der Waals surface area (Å²) in [4.78, 5) is 6.98. The van der Waals surface area contributed by atoms with Crippen LogP contribution < -0.4 is 5.73 Å². The molecule has 0 radical (unpaired) electrons. The monoisotopic (exact) mass is 275 g/mol. The van der Waals surface area contributed by atoms with Crippen LogP contribution in [0.4, 0.5) is 5.69 Å². The zero-order chi connectivity index (χ0) is 14.2. The molecule has 3 aromatic rings. The first kappa shape index (κ1) is 12.4. The highest BCUT2D eigenvalue weighted by Crippen LogP contribution is 2.27. The zero-order valence-corrected chi connectivity index (χ0v) is 11.8. The third kappa shape index (κ3) is 2.16. The predicted octanol–water partition coefficient (Wildman–Crippen LogP) is 3.33. The Bertz CT molecular complexity index is 785. The fourth-order valence-corrected chi connectivity index (χ4v) is 3.14. The van der Waals surface area contributed by atoms with Gasteiger partial charge in [0.15, 0.2) is 0 Å². The topological polar surface area (TPSA) is 42.1 Å². The summed E-state index contributed by atoms with van der Waals surface area (Å²) in [5, 5.41) is 1.05. The lowest BCUT2D eigenvalue weighted by molar-refractivity contribution is 0.276. The van der Waals surface area contributed by atoms with Crippen molar-refractivity contribution in [1.82, 2.24) is 9.88 Å². The lowest BCUT2D eigenvalue weighted by atomic mass is 10.1. The number of pyridine rings is 1. The molecule has 104 valence electrons. The molecule has 2 aromatic carbocycles. The van der Waals surface area contributed by atoms with E-state index in [0.717, 1.165) is 36.2 Å². The molecule has 0 atom stereocenters. The zero-order valence-electron chi connectivity index (χ0n) is 11.8. The number of aromatic nitrogens is 1. The quantitative estimate of drug-likeness (QED) is 0.729. The number of fused-ring (bicyclic) bond motifs is 2. The molecule has 1 aliphatic heterocycles. The molecule has 0 aliphatic carbocycles. The second kappa shape index (κ2) is 4.86. The van der Waals surface area contributed by atoms with E-state index in [1.54, 1.807) is 0 Å². The number of nitrogens with two attached hydrogens (primary N) is 1. The number of nitrogen functional groups attached to an aromatic ring is 1. The van der Waals surface area contributed by atoms with Crippen molar-refractivity contribution in [2.45, 2.75) is 19.6 Å². The molecule has 21 heavy (non-hydrogen) atoms. The lowest BCUT2D eigenvalue weighted by Gasteiger charge is -2.16. The normalized spacial score (nSPS) is 14.5. The molecule has 0 amide bonds. The van der Waals surface area contributed by atoms with Crippen molar-refractivity contribution in [2.75, 3.05) is 5.73 Å². The van der Waals surface area contributed by atoms with E-state index in [1.165, 1.54) is 16.7 Å². The average molecular weight is 275 g/mol. The Morgan fingerprint density at radius 1 is 0.952 bits per heavy atom. The summed E-state index contributed by atoms with van der Waals surface area (Å²) < 4.78 is 0. The predicted molar refractivity (Wildman–Crippen MR) is 85.5 cm³/mol. The highest BCUT2D eigenvalue weighted by Gasteiger charge is 2.19. The molecule has 1 aliphatic rings. The van der Waals surface area contributed by atoms with Crippen LogP contribution in [-0.4, -0.2) is 9.88 Å². The van der Waals surface area contributed by atoms with Gasteiger partial charge in [0.05, 0.1) is 5.52 Å². The maximum atomic E-state index is 6.05. The second-order valence-electron chi connectivity index (χ2n) is 5.63. The van der Waals surface area contributed by atoms with E-state index in [0.29, 0.717) is 0 Å². The first-order chi connectivity index (χ1) is 10.3. The van der Waals surface area contributed by atoms with E-state index in [1.807, 2.05) is 24.4 Å². The van der Waals surface area contributed by atoms with Crippen molar-refractivity contribution in [3.05, 3.63) is 71.4 Å². The van der Waals surface area contributed by atoms with Crippen molar-refractivity contribution >= 4 is 16.6 Å². The summed E-state index contributed by atoms with van der Waals surface area (Å²) in [5.41, 5.74) is 12.0. The summed E-state index contributed by atoms with van der Waals surface area (Å²) in [6.45, 7) is 2.92. The number of rotatable bonds is 2. The third-order valence-corrected chi connectivity index (χ3v) is 4.19. The molecule has 1 aromatic heterocycles. The Balaban J connectivity index is 1.66. The van der Waals surface area contributed by atoms with Gasteiger partial charge in [0, 0.05) is 36.9 Å². The third-order valence-electron chi connectivity index (χ3n) is 4.19. The molecule has 2 N–H and O–H groups in total. The van der Waals surface area contributed by atoms with Crippen LogP contribution in [0.2, 0.25) is 0 Å². The van der Waals surface area contributed by atoms with E-state index in [4.69, 9.17) is 5.73 Å². The van der Waals surface area contributed by atoms with Gasteiger partial charge in [0.25, 0.3) is 0 Å². The van der Waals surface area contributed by atoms with Crippen LogP contribution in [0.25, 0.3) is 10.9 Å². The molecule has 3 heteroatoms. The fourth-order valence-electron chi connectivity index (χ4n) is 3.14. The lowest BCUT2D eigenvalue weighted by Crippen LogP contribution is -2.16. The summed E-state index contributed by atoms with van der Waals surface area (Å²) in [6, 6.07) is 16.7. The summed E-state index contributed by atoms with van der Waals surface area (Å²) >= 11 is 0. The van der Waals surface area contributed by atoms with Crippen molar-refractivity contribution in [3.8, 4) is 0 Å². The molecule has 0 spiro atoms. The number of benzene rings is 2. The molecule has 0 saturated carbocycles. The van der Waals surface area contributed by atoms with Gasteiger partial charge in [-0.1, -0.05) is 30.3 Å². The maximum absolute atomic E-state index is 6.05. The maximum Gasteiger partial charge on any atom is 0.0767 e. The number of hydrogen-bond donors (Lipinski definition) is 1. The molecule has 3 nitrogen and oxygen atoms in total. The molecule has 0 bridgehead atoms. The Hall–Kier alpha value is -2.39. The van der Waals surface area contributed by atoms with Gasteiger partial charge < -0.3 is 5.73 Å². The van der Waals surface area contributed by atoms with Crippen LogP contribution in [-0.2, 0) is 19.6 Å². The van der Waals surface area contributed by atoms with Crippen molar-refractivity contribution in [3.63, 3.8) is 0 Å². The van der Waals surface area contributed by atoms with Gasteiger partial charge >= 0.3 is 0 Å². The van der Waals surface area contributed by atoms with Crippen molar-refractivity contribution in [2.24, 2.45) is 0 Å². The van der Waals surface area contributed by atoms with Crippen LogP contribution in [0.5, 0.6) is 0 Å². The molecular weight excluding hydrogens is 258 g/mol. The Morgan fingerprint density at radius 3 is 2.48 bits per heavy atom. The van der Waals surface area contributed by atoms with E-state index >= 15 is 0 Å². The Morgan fingerprint density at radius 2 is 1.71 bits per heavy atom. The molecule has 4 rings (SSSR count). The number of nitrogens with zero attached hydrogens (tertiary/aromatic N) is 2. The highest BCUT2D eigenvalue weighted by atomic mass is 15.1. The second-order valence-corrected chi connectivity index (χ2v) is 5.63. The average Bonchev–Trinajstić information content (AvgIpc) is 2.93. The summed E-state index contributed by atoms with van der Waals surface area (Å²) in [5.74, 6) is 0. The van der Waals surface area contributed by atoms with Gasteiger partial charge in [-0.15, -0.1) is 0 Å². The largest absolute Gasteiger partial charge is 0.398 e. The van der Waals surface area contributed by atoms with Crippen molar-refractivity contribution in [1.29, 1.82) is 0 Å². The van der Waals surface area contributed by atoms with Gasteiger partial charge in [0.2, 0.25) is 0 Å². The van der Waals surface area contributed by atoms with Crippen LogP contribution in [0.15, 0.2) is 54.7 Å². The van der Waals surface area contributed by atoms with E-state index in [9.17, 15) is 0 Å². The van der Waals surface area contributed by atoms with Gasteiger partial charge in [-0.2, -0.15) is 0 Å². The van der Waals surface area contributed by atoms with Crippen LogP contribution in [0, 0.1) is 0 Å². The van der Waals surface area contributed by atoms with Crippen molar-refractivity contribution < 1.29 is 0 Å². The Kier molecular flexibility index (Phi) is 2.86. The van der Waals surface area contributed by atoms with Gasteiger partial charge in [-0.25, -0.2) is 0 Å². The van der Waals surface area contributed by atoms with E-state index in [-0.39, 0.29) is 0 Å². The molecular formula is C18H17N3. The fraction of sp³-hybridized carbons (Fsp3) is 0.167. The standard InChI is InChI=1S/C18H17N3/c19-17-8-7-15(18-16(17)6-3-9-20-18)12-21-10-13-4-1-2-5-14(13)11-21/h1-9H,10-12,19H2. The first-order valence-electron chi connectivity index (χ1n) is 7.22. The van der Waals surface area contributed by atoms with Gasteiger partial charge in [-0.3, -0.25) is 9.88 Å². The highest BCUT2D eigenvalue weighted by molar-refractivity contribution is 5.92. The minimum absolute atomic E-state index is 0.798. The molecule has 0 fully saturated rings. The minimum Gasteiger partial charge on any atom is -0.398 e. The van der Waals surface area contributed by atoms with E-state index in [2.05, 4.69) is 40.2 Å².